The Labute approximate surface area is 118 Å². The van der Waals surface area contributed by atoms with Gasteiger partial charge in [0.05, 0.1) is 25.9 Å². The highest BCUT2D eigenvalue weighted by molar-refractivity contribution is 9.10. The third-order valence-electron chi connectivity index (χ3n) is 2.30. The number of rotatable bonds is 3. The van der Waals surface area contributed by atoms with E-state index < -0.39 is 0 Å². The highest BCUT2D eigenvalue weighted by atomic mass is 79.9. The molecule has 1 aromatic heterocycles. The summed E-state index contributed by atoms with van der Waals surface area (Å²) in [5.41, 5.74) is 7.17. The second-order valence-electron chi connectivity index (χ2n) is 3.48. The van der Waals surface area contributed by atoms with Crippen LogP contribution in [0.4, 0.5) is 0 Å². The summed E-state index contributed by atoms with van der Waals surface area (Å²) in [6, 6.07) is 5.44. The molecule has 0 radical (unpaired) electrons. The van der Waals surface area contributed by atoms with Gasteiger partial charge in [-0.15, -0.1) is 0 Å². The number of aromatic nitrogens is 2. The second kappa shape index (κ2) is 5.40. The largest absolute Gasteiger partial charge is 0.330 e. The molecule has 1 aromatic carbocycles. The molecule has 6 heteroatoms. The molecule has 0 atom stereocenters. The normalized spacial score (nSPS) is 10.8. The van der Waals surface area contributed by atoms with Gasteiger partial charge >= 0.3 is 0 Å². The van der Waals surface area contributed by atoms with E-state index in [1.54, 1.807) is 10.7 Å². The number of hydrogen-bond donors (Lipinski definition) is 1. The molecule has 2 rings (SSSR count). The van der Waals surface area contributed by atoms with Crippen LogP contribution >= 0.6 is 39.1 Å². The van der Waals surface area contributed by atoms with Crippen molar-refractivity contribution in [1.29, 1.82) is 0 Å². The molecule has 0 amide bonds. The number of hydrogen-bond acceptors (Lipinski definition) is 2. The average molecular weight is 335 g/mol. The van der Waals surface area contributed by atoms with Crippen LogP contribution in [0.3, 0.4) is 0 Å². The summed E-state index contributed by atoms with van der Waals surface area (Å²) in [6.45, 7) is 0.554. The van der Waals surface area contributed by atoms with Gasteiger partial charge in [0.15, 0.2) is 0 Å². The Kier molecular flexibility index (Phi) is 4.09. The van der Waals surface area contributed by atoms with Crippen LogP contribution in [0.15, 0.2) is 28.9 Å². The molecule has 0 unspecified atom stereocenters. The lowest BCUT2D eigenvalue weighted by Crippen LogP contribution is -2.04. The van der Waals surface area contributed by atoms with Crippen molar-refractivity contribution >= 4 is 39.1 Å². The average Bonchev–Trinajstić information content (AvgIpc) is 2.65. The molecule has 2 aromatic rings. The third-order valence-corrected chi connectivity index (χ3v) is 3.77. The summed E-state index contributed by atoms with van der Waals surface area (Å²) < 4.78 is 2.61. The smallest absolute Gasteiger partial charge is 0.0849 e. The number of halogens is 3. The predicted octanol–water partition coefficient (Wildman–Crippen LogP) is 3.44. The fourth-order valence-electron chi connectivity index (χ4n) is 1.49. The van der Waals surface area contributed by atoms with Crippen LogP contribution in [0.25, 0.3) is 5.69 Å². The number of nitrogens with zero attached hydrogens (tertiary/aromatic N) is 2. The van der Waals surface area contributed by atoms with Gasteiger partial charge in [-0.3, -0.25) is 0 Å². The lowest BCUT2D eigenvalue weighted by molar-refractivity contribution is 0.821. The minimum absolute atomic E-state index is 0.489. The molecule has 3 nitrogen and oxygen atoms in total. The molecular weight excluding hydrogens is 325 g/mol. The highest BCUT2D eigenvalue weighted by Gasteiger charge is 2.11. The zero-order valence-electron chi connectivity index (χ0n) is 8.83. The molecule has 0 spiro atoms. The molecule has 90 valence electrons. The van der Waals surface area contributed by atoms with E-state index in [9.17, 15) is 0 Å². The molecule has 1 heterocycles. The van der Waals surface area contributed by atoms with Crippen molar-refractivity contribution in [2.24, 2.45) is 5.73 Å². The van der Waals surface area contributed by atoms with Gasteiger partial charge in [-0.1, -0.05) is 29.3 Å². The van der Waals surface area contributed by atoms with Crippen molar-refractivity contribution in [3.63, 3.8) is 0 Å². The second-order valence-corrected chi connectivity index (χ2v) is 5.12. The Morgan fingerprint density at radius 1 is 1.35 bits per heavy atom. The number of benzene rings is 1. The Morgan fingerprint density at radius 3 is 2.82 bits per heavy atom. The van der Waals surface area contributed by atoms with Gasteiger partial charge in [-0.2, -0.15) is 5.10 Å². The van der Waals surface area contributed by atoms with Crippen molar-refractivity contribution in [2.45, 2.75) is 6.42 Å². The van der Waals surface area contributed by atoms with Gasteiger partial charge < -0.3 is 5.73 Å². The molecule has 17 heavy (non-hydrogen) atoms. The summed E-state index contributed by atoms with van der Waals surface area (Å²) in [6.07, 6.45) is 2.56. The fourth-order valence-corrected chi connectivity index (χ4v) is 2.34. The number of nitrogens with two attached hydrogens (primary N) is 1. The standard InChI is InChI=1S/C11H10BrCl2N3/c12-7-6-17(16-9(7)4-5-15)10-3-1-2-8(13)11(10)14/h1-3,6H,4-5,15H2. The van der Waals surface area contributed by atoms with Crippen LogP contribution in [0, 0.1) is 0 Å². The monoisotopic (exact) mass is 333 g/mol. The van der Waals surface area contributed by atoms with E-state index in [1.807, 2.05) is 18.3 Å². The minimum Gasteiger partial charge on any atom is -0.330 e. The van der Waals surface area contributed by atoms with Crippen molar-refractivity contribution in [1.82, 2.24) is 9.78 Å². The summed E-state index contributed by atoms with van der Waals surface area (Å²) in [7, 11) is 0. The maximum atomic E-state index is 6.13. The summed E-state index contributed by atoms with van der Waals surface area (Å²) >= 11 is 15.5. The molecule has 0 saturated heterocycles. The Bertz CT molecular complexity index is 540. The Hall–Kier alpha value is -0.550. The lowest BCUT2D eigenvalue weighted by atomic mass is 10.3. The van der Waals surface area contributed by atoms with Crippen LogP contribution in [-0.2, 0) is 6.42 Å². The van der Waals surface area contributed by atoms with E-state index in [-0.39, 0.29) is 0 Å². The van der Waals surface area contributed by atoms with Gasteiger partial charge in [0.25, 0.3) is 0 Å². The van der Waals surface area contributed by atoms with E-state index >= 15 is 0 Å². The van der Waals surface area contributed by atoms with Crippen molar-refractivity contribution < 1.29 is 0 Å². The highest BCUT2D eigenvalue weighted by Crippen LogP contribution is 2.29. The van der Waals surface area contributed by atoms with E-state index in [4.69, 9.17) is 28.9 Å². The van der Waals surface area contributed by atoms with Crippen LogP contribution in [0.1, 0.15) is 5.69 Å². The minimum atomic E-state index is 0.489. The van der Waals surface area contributed by atoms with Crippen LogP contribution in [0.5, 0.6) is 0 Å². The first-order valence-electron chi connectivity index (χ1n) is 5.02. The molecule has 0 aliphatic rings. The summed E-state index contributed by atoms with van der Waals surface area (Å²) in [5.74, 6) is 0. The maximum Gasteiger partial charge on any atom is 0.0849 e. The summed E-state index contributed by atoms with van der Waals surface area (Å²) in [4.78, 5) is 0. The van der Waals surface area contributed by atoms with Gasteiger partial charge in [-0.05, 0) is 34.6 Å². The Morgan fingerprint density at radius 2 is 2.12 bits per heavy atom. The third kappa shape index (κ3) is 2.65. The first kappa shape index (κ1) is 12.9. The lowest BCUT2D eigenvalue weighted by Gasteiger charge is -2.05. The first-order chi connectivity index (χ1) is 8.13. The molecular formula is C11H10BrCl2N3. The molecule has 2 N–H and O–H groups in total. The topological polar surface area (TPSA) is 43.8 Å². The fraction of sp³-hybridized carbons (Fsp3) is 0.182. The van der Waals surface area contributed by atoms with E-state index in [0.29, 0.717) is 23.0 Å². The van der Waals surface area contributed by atoms with Gasteiger partial charge in [-0.25, -0.2) is 4.68 Å². The van der Waals surface area contributed by atoms with Crippen molar-refractivity contribution in [3.05, 3.63) is 44.6 Å². The quantitative estimate of drug-likeness (QED) is 0.934. The Balaban J connectivity index is 2.46. The van der Waals surface area contributed by atoms with Crippen LogP contribution in [0.2, 0.25) is 10.0 Å². The van der Waals surface area contributed by atoms with Crippen molar-refractivity contribution in [3.8, 4) is 5.69 Å². The van der Waals surface area contributed by atoms with Gasteiger partial charge in [0.1, 0.15) is 0 Å². The molecule has 0 aliphatic heterocycles. The molecule has 0 saturated carbocycles. The SMILES string of the molecule is NCCc1nn(-c2cccc(Cl)c2Cl)cc1Br. The molecule has 0 fully saturated rings. The van der Waals surface area contributed by atoms with Crippen molar-refractivity contribution in [2.75, 3.05) is 6.54 Å². The summed E-state index contributed by atoms with van der Waals surface area (Å²) in [5, 5.41) is 5.42. The van der Waals surface area contributed by atoms with Crippen LogP contribution < -0.4 is 5.73 Å². The van der Waals surface area contributed by atoms with E-state index in [2.05, 4.69) is 21.0 Å². The van der Waals surface area contributed by atoms with E-state index in [1.165, 1.54) is 0 Å². The predicted molar refractivity (Wildman–Crippen MR) is 74.0 cm³/mol. The molecule has 0 bridgehead atoms. The van der Waals surface area contributed by atoms with E-state index in [0.717, 1.165) is 15.9 Å². The maximum absolute atomic E-state index is 6.13. The zero-order chi connectivity index (χ0) is 12.4. The van der Waals surface area contributed by atoms with Gasteiger partial charge in [0.2, 0.25) is 0 Å². The zero-order valence-corrected chi connectivity index (χ0v) is 11.9. The molecule has 0 aliphatic carbocycles. The van der Waals surface area contributed by atoms with Crippen LogP contribution in [-0.4, -0.2) is 16.3 Å². The van der Waals surface area contributed by atoms with Gasteiger partial charge in [0, 0.05) is 12.6 Å². The first-order valence-corrected chi connectivity index (χ1v) is 6.57.